The van der Waals surface area contributed by atoms with Gasteiger partial charge in [0.1, 0.15) is 5.03 Å². The Hall–Kier alpha value is -0.580. The van der Waals surface area contributed by atoms with Gasteiger partial charge in [0.2, 0.25) is 0 Å². The van der Waals surface area contributed by atoms with Crippen molar-refractivity contribution in [1.82, 2.24) is 4.98 Å². The lowest BCUT2D eigenvalue weighted by Crippen LogP contribution is -2.04. The molecule has 0 fully saturated rings. The molecule has 1 unspecified atom stereocenters. The molecule has 4 heteroatoms. The highest BCUT2D eigenvalue weighted by atomic mass is 32.2. The summed E-state index contributed by atoms with van der Waals surface area (Å²) in [5.41, 5.74) is 0.850. The second-order valence-corrected chi connectivity index (χ2v) is 4.23. The van der Waals surface area contributed by atoms with E-state index in [9.17, 15) is 0 Å². The van der Waals surface area contributed by atoms with Crippen LogP contribution in [-0.2, 0) is 6.61 Å². The van der Waals surface area contributed by atoms with Crippen LogP contribution in [0.2, 0.25) is 0 Å². The average Bonchev–Trinajstić information content (AvgIpc) is 2.26. The Balaban J connectivity index is 2.57. The molecule has 1 rings (SSSR count). The van der Waals surface area contributed by atoms with Gasteiger partial charge < -0.3 is 10.2 Å². The molecule has 0 amide bonds. The van der Waals surface area contributed by atoms with Gasteiger partial charge in [-0.3, -0.25) is 0 Å². The van der Waals surface area contributed by atoms with E-state index in [1.54, 1.807) is 18.0 Å². The van der Waals surface area contributed by atoms with Crippen LogP contribution in [0, 0.1) is 5.92 Å². The normalized spacial score (nSPS) is 12.8. The number of aliphatic hydroxyl groups excluding tert-OH is 2. The van der Waals surface area contributed by atoms with Crippen molar-refractivity contribution in [1.29, 1.82) is 0 Å². The van der Waals surface area contributed by atoms with Gasteiger partial charge in [0.05, 0.1) is 6.61 Å². The lowest BCUT2D eigenvalue weighted by molar-refractivity contribution is 0.250. The Bertz CT molecular complexity index is 281. The SMILES string of the molecule is CC(CO)CSc1ncccc1CO. The second-order valence-electron chi connectivity index (χ2n) is 3.22. The van der Waals surface area contributed by atoms with Crippen molar-refractivity contribution in [2.75, 3.05) is 12.4 Å². The minimum atomic E-state index is 0.0175. The van der Waals surface area contributed by atoms with E-state index >= 15 is 0 Å². The molecule has 0 aliphatic rings. The van der Waals surface area contributed by atoms with Crippen LogP contribution in [-0.4, -0.2) is 27.6 Å². The zero-order valence-corrected chi connectivity index (χ0v) is 9.00. The van der Waals surface area contributed by atoms with Gasteiger partial charge in [-0.1, -0.05) is 13.0 Å². The van der Waals surface area contributed by atoms with Gasteiger partial charge in [0.15, 0.2) is 0 Å². The number of hydrogen-bond acceptors (Lipinski definition) is 4. The molecule has 0 bridgehead atoms. The molecule has 78 valence electrons. The smallest absolute Gasteiger partial charge is 0.101 e. The number of thioether (sulfide) groups is 1. The summed E-state index contributed by atoms with van der Waals surface area (Å²) in [6.45, 7) is 2.19. The van der Waals surface area contributed by atoms with E-state index in [0.717, 1.165) is 16.3 Å². The van der Waals surface area contributed by atoms with Crippen molar-refractivity contribution in [2.24, 2.45) is 5.92 Å². The van der Waals surface area contributed by atoms with Crippen LogP contribution in [0.1, 0.15) is 12.5 Å². The Morgan fingerprint density at radius 2 is 2.29 bits per heavy atom. The molecular weight excluding hydrogens is 198 g/mol. The molecule has 0 spiro atoms. The van der Waals surface area contributed by atoms with Gasteiger partial charge in [-0.2, -0.15) is 0 Å². The first-order chi connectivity index (χ1) is 6.77. The maximum atomic E-state index is 9.04. The first kappa shape index (κ1) is 11.5. The quantitative estimate of drug-likeness (QED) is 0.724. The molecule has 3 nitrogen and oxygen atoms in total. The molecule has 14 heavy (non-hydrogen) atoms. The summed E-state index contributed by atoms with van der Waals surface area (Å²) in [6, 6.07) is 3.67. The first-order valence-electron chi connectivity index (χ1n) is 4.56. The third-order valence-corrected chi connectivity index (χ3v) is 3.21. The van der Waals surface area contributed by atoms with Crippen molar-refractivity contribution in [2.45, 2.75) is 18.6 Å². The van der Waals surface area contributed by atoms with Crippen molar-refractivity contribution in [3.05, 3.63) is 23.9 Å². The third-order valence-electron chi connectivity index (χ3n) is 1.84. The van der Waals surface area contributed by atoms with Crippen LogP contribution in [0.4, 0.5) is 0 Å². The topological polar surface area (TPSA) is 53.4 Å². The van der Waals surface area contributed by atoms with Gasteiger partial charge in [-0.15, -0.1) is 11.8 Å². The molecule has 0 radical (unpaired) electrons. The molecular formula is C10H15NO2S. The minimum Gasteiger partial charge on any atom is -0.396 e. The monoisotopic (exact) mass is 213 g/mol. The predicted octanol–water partition coefficient (Wildman–Crippen LogP) is 1.29. The van der Waals surface area contributed by atoms with E-state index in [1.807, 2.05) is 19.1 Å². The van der Waals surface area contributed by atoms with Crippen LogP contribution in [0.25, 0.3) is 0 Å². The molecule has 1 aromatic rings. The maximum Gasteiger partial charge on any atom is 0.101 e. The zero-order chi connectivity index (χ0) is 10.4. The summed E-state index contributed by atoms with van der Waals surface area (Å²) < 4.78 is 0. The highest BCUT2D eigenvalue weighted by molar-refractivity contribution is 7.99. The molecule has 0 aliphatic heterocycles. The van der Waals surface area contributed by atoms with E-state index in [2.05, 4.69) is 4.98 Å². The van der Waals surface area contributed by atoms with Gasteiger partial charge in [-0.25, -0.2) is 4.98 Å². The Morgan fingerprint density at radius 1 is 1.50 bits per heavy atom. The molecule has 1 atom stereocenters. The fourth-order valence-corrected chi connectivity index (χ4v) is 1.95. The molecule has 1 heterocycles. The summed E-state index contributed by atoms with van der Waals surface area (Å²) >= 11 is 1.57. The Kier molecular flexibility index (Phi) is 4.93. The van der Waals surface area contributed by atoms with E-state index in [0.29, 0.717) is 0 Å². The van der Waals surface area contributed by atoms with Crippen molar-refractivity contribution < 1.29 is 10.2 Å². The van der Waals surface area contributed by atoms with Gasteiger partial charge in [0, 0.05) is 24.1 Å². The Morgan fingerprint density at radius 3 is 2.93 bits per heavy atom. The fraction of sp³-hybridized carbons (Fsp3) is 0.500. The minimum absolute atomic E-state index is 0.0175. The number of aromatic nitrogens is 1. The van der Waals surface area contributed by atoms with Crippen molar-refractivity contribution in [3.8, 4) is 0 Å². The van der Waals surface area contributed by atoms with E-state index in [1.165, 1.54) is 0 Å². The highest BCUT2D eigenvalue weighted by Gasteiger charge is 2.05. The van der Waals surface area contributed by atoms with Gasteiger partial charge >= 0.3 is 0 Å². The lowest BCUT2D eigenvalue weighted by Gasteiger charge is -2.08. The molecule has 0 aromatic carbocycles. The van der Waals surface area contributed by atoms with Crippen molar-refractivity contribution in [3.63, 3.8) is 0 Å². The van der Waals surface area contributed by atoms with Crippen LogP contribution >= 0.6 is 11.8 Å². The predicted molar refractivity (Wildman–Crippen MR) is 57.1 cm³/mol. The van der Waals surface area contributed by atoms with E-state index in [4.69, 9.17) is 10.2 Å². The van der Waals surface area contributed by atoms with Crippen LogP contribution in [0.15, 0.2) is 23.4 Å². The van der Waals surface area contributed by atoms with E-state index in [-0.39, 0.29) is 19.1 Å². The fourth-order valence-electron chi connectivity index (χ4n) is 0.948. The summed E-state index contributed by atoms with van der Waals surface area (Å²) in [6.07, 6.45) is 1.71. The van der Waals surface area contributed by atoms with Crippen molar-refractivity contribution >= 4 is 11.8 Å². The number of nitrogens with zero attached hydrogens (tertiary/aromatic N) is 1. The summed E-state index contributed by atoms with van der Waals surface area (Å²) in [4.78, 5) is 4.18. The molecule has 0 saturated heterocycles. The van der Waals surface area contributed by atoms with Gasteiger partial charge in [-0.05, 0) is 12.0 Å². The van der Waals surface area contributed by atoms with Gasteiger partial charge in [0.25, 0.3) is 0 Å². The second kappa shape index (κ2) is 6.01. The molecule has 2 N–H and O–H groups in total. The first-order valence-corrected chi connectivity index (χ1v) is 5.55. The number of pyridine rings is 1. The maximum absolute atomic E-state index is 9.04. The Labute approximate surface area is 88.2 Å². The van der Waals surface area contributed by atoms with Crippen LogP contribution in [0.5, 0.6) is 0 Å². The number of rotatable bonds is 5. The van der Waals surface area contributed by atoms with E-state index < -0.39 is 0 Å². The summed E-state index contributed by atoms with van der Waals surface area (Å²) in [5, 5.41) is 18.8. The van der Waals surface area contributed by atoms with Crippen LogP contribution < -0.4 is 0 Å². The summed E-state index contributed by atoms with van der Waals surface area (Å²) in [5.74, 6) is 1.08. The molecule has 0 saturated carbocycles. The summed E-state index contributed by atoms with van der Waals surface area (Å²) in [7, 11) is 0. The number of hydrogen-bond donors (Lipinski definition) is 2. The van der Waals surface area contributed by atoms with Crippen LogP contribution in [0.3, 0.4) is 0 Å². The largest absolute Gasteiger partial charge is 0.396 e. The number of aliphatic hydroxyl groups is 2. The zero-order valence-electron chi connectivity index (χ0n) is 8.18. The molecule has 0 aliphatic carbocycles. The highest BCUT2D eigenvalue weighted by Crippen LogP contribution is 2.21. The average molecular weight is 213 g/mol. The lowest BCUT2D eigenvalue weighted by atomic mass is 10.2. The third kappa shape index (κ3) is 3.29. The molecule has 1 aromatic heterocycles. The standard InChI is InChI=1S/C10H15NO2S/c1-8(5-12)7-14-10-9(6-13)3-2-4-11-10/h2-4,8,12-13H,5-7H2,1H3.